The Morgan fingerprint density at radius 2 is 1.77 bits per heavy atom. The van der Waals surface area contributed by atoms with Crippen LogP contribution >= 0.6 is 0 Å². The van der Waals surface area contributed by atoms with Crippen LogP contribution in [0.3, 0.4) is 0 Å². The third-order valence-electron chi connectivity index (χ3n) is 6.09. The van der Waals surface area contributed by atoms with Crippen molar-refractivity contribution in [3.8, 4) is 5.75 Å². The molecule has 1 saturated heterocycles. The van der Waals surface area contributed by atoms with E-state index in [-0.39, 0.29) is 24.3 Å². The Morgan fingerprint density at radius 1 is 1.07 bits per heavy atom. The first-order valence-corrected chi connectivity index (χ1v) is 10.7. The van der Waals surface area contributed by atoms with Gasteiger partial charge in [-0.15, -0.1) is 0 Å². The monoisotopic (exact) mass is 404 g/mol. The van der Waals surface area contributed by atoms with Crippen LogP contribution < -0.4 is 15.0 Å². The van der Waals surface area contributed by atoms with Gasteiger partial charge >= 0.3 is 0 Å². The molecule has 0 spiro atoms. The Balaban J connectivity index is 1.68. The summed E-state index contributed by atoms with van der Waals surface area (Å²) in [7, 11) is 1.63. The van der Waals surface area contributed by atoms with Crippen LogP contribution in [0.4, 0.5) is 5.69 Å². The molecule has 1 aliphatic carbocycles. The summed E-state index contributed by atoms with van der Waals surface area (Å²) in [4.78, 5) is 27.8. The maximum atomic E-state index is 13.5. The van der Waals surface area contributed by atoms with Gasteiger partial charge in [0.1, 0.15) is 5.75 Å². The molecule has 5 nitrogen and oxygen atoms in total. The van der Waals surface area contributed by atoms with Crippen molar-refractivity contribution in [3.05, 3.63) is 66.2 Å². The molecule has 1 unspecified atom stereocenters. The summed E-state index contributed by atoms with van der Waals surface area (Å²) in [5.74, 6) is 0.571. The molecule has 5 heteroatoms. The van der Waals surface area contributed by atoms with Crippen LogP contribution in [0, 0.1) is 0 Å². The van der Waals surface area contributed by atoms with E-state index in [0.717, 1.165) is 42.7 Å². The highest BCUT2D eigenvalue weighted by Gasteiger charge is 2.55. The van der Waals surface area contributed by atoms with Crippen LogP contribution in [0.2, 0.25) is 0 Å². The van der Waals surface area contributed by atoms with Gasteiger partial charge in [-0.2, -0.15) is 0 Å². The standard InChI is InChI=1S/C25H28N2O3/c1-30-22-15-9-8-10-19(22)16-17-25(24(29)26-20-11-4-2-5-12-20)18-23(28)27(25)21-13-6-3-7-14-21/h3,6-10,13-17,20H,2,4-5,11-12,18H2,1H3,(H,26,29). The third kappa shape index (κ3) is 3.84. The van der Waals surface area contributed by atoms with Gasteiger partial charge in [0, 0.05) is 17.3 Å². The number of nitrogens with one attached hydrogen (secondary N) is 1. The maximum absolute atomic E-state index is 13.5. The molecule has 1 atom stereocenters. The largest absolute Gasteiger partial charge is 0.496 e. The Hall–Kier alpha value is -3.08. The molecule has 2 aliphatic rings. The minimum Gasteiger partial charge on any atom is -0.496 e. The van der Waals surface area contributed by atoms with Gasteiger partial charge in [-0.25, -0.2) is 0 Å². The number of β-lactam (4-membered cyclic amide) rings is 1. The number of anilines is 1. The molecular formula is C25H28N2O3. The molecule has 4 rings (SSSR count). The predicted molar refractivity (Wildman–Crippen MR) is 118 cm³/mol. The van der Waals surface area contributed by atoms with E-state index in [0.29, 0.717) is 0 Å². The van der Waals surface area contributed by atoms with Crippen LogP contribution in [-0.2, 0) is 9.59 Å². The highest BCUT2D eigenvalue weighted by Crippen LogP contribution is 2.39. The van der Waals surface area contributed by atoms with Gasteiger partial charge in [0.2, 0.25) is 5.91 Å². The predicted octanol–water partition coefficient (Wildman–Crippen LogP) is 4.33. The highest BCUT2D eigenvalue weighted by molar-refractivity contribution is 6.15. The molecule has 1 saturated carbocycles. The SMILES string of the molecule is COc1ccccc1C=CC1(C(=O)NC2CCCCC2)CC(=O)N1c1ccccc1. The van der Waals surface area contributed by atoms with Crippen molar-refractivity contribution < 1.29 is 14.3 Å². The number of rotatable bonds is 6. The normalized spacial score (nSPS) is 22.0. The van der Waals surface area contributed by atoms with Gasteiger partial charge in [-0.3, -0.25) is 14.5 Å². The summed E-state index contributed by atoms with van der Waals surface area (Å²) >= 11 is 0. The molecular weight excluding hydrogens is 376 g/mol. The molecule has 2 aromatic carbocycles. The number of para-hydroxylation sites is 2. The minimum atomic E-state index is -1.03. The first kappa shape index (κ1) is 20.2. The van der Waals surface area contributed by atoms with Crippen molar-refractivity contribution in [3.63, 3.8) is 0 Å². The molecule has 0 aromatic heterocycles. The van der Waals surface area contributed by atoms with Gasteiger partial charge in [0.15, 0.2) is 5.54 Å². The fourth-order valence-electron chi connectivity index (χ4n) is 4.45. The molecule has 1 N–H and O–H groups in total. The summed E-state index contributed by atoms with van der Waals surface area (Å²) in [5, 5.41) is 3.23. The summed E-state index contributed by atoms with van der Waals surface area (Å²) < 4.78 is 5.44. The third-order valence-corrected chi connectivity index (χ3v) is 6.09. The van der Waals surface area contributed by atoms with Crippen molar-refractivity contribution in [2.24, 2.45) is 0 Å². The van der Waals surface area contributed by atoms with Crippen LogP contribution in [0.15, 0.2) is 60.7 Å². The Bertz CT molecular complexity index is 934. The molecule has 2 fully saturated rings. The van der Waals surface area contributed by atoms with Gasteiger partial charge in [0.05, 0.1) is 13.5 Å². The smallest absolute Gasteiger partial charge is 0.251 e. The Labute approximate surface area is 177 Å². The van der Waals surface area contributed by atoms with E-state index in [9.17, 15) is 9.59 Å². The number of benzene rings is 2. The summed E-state index contributed by atoms with van der Waals surface area (Å²) in [5.41, 5.74) is 0.575. The average Bonchev–Trinajstić information content (AvgIpc) is 2.77. The van der Waals surface area contributed by atoms with Crippen molar-refractivity contribution in [2.45, 2.75) is 50.1 Å². The molecule has 0 radical (unpaired) electrons. The van der Waals surface area contributed by atoms with Crippen LogP contribution in [0.5, 0.6) is 5.75 Å². The number of nitrogens with zero attached hydrogens (tertiary/aromatic N) is 1. The van der Waals surface area contributed by atoms with E-state index in [1.807, 2.05) is 66.7 Å². The maximum Gasteiger partial charge on any atom is 0.251 e. The minimum absolute atomic E-state index is 0.0512. The van der Waals surface area contributed by atoms with E-state index in [4.69, 9.17) is 4.74 Å². The second-order valence-corrected chi connectivity index (χ2v) is 8.05. The summed E-state index contributed by atoms with van der Waals surface area (Å²) in [6.07, 6.45) is 9.40. The quantitative estimate of drug-likeness (QED) is 0.729. The van der Waals surface area contributed by atoms with Gasteiger partial charge in [-0.05, 0) is 37.1 Å². The number of methoxy groups -OCH3 is 1. The lowest BCUT2D eigenvalue weighted by Gasteiger charge is -2.49. The molecule has 30 heavy (non-hydrogen) atoms. The first-order chi connectivity index (χ1) is 14.6. The second kappa shape index (κ2) is 8.74. The fourth-order valence-corrected chi connectivity index (χ4v) is 4.45. The number of hydrogen-bond acceptors (Lipinski definition) is 3. The van der Waals surface area contributed by atoms with E-state index >= 15 is 0 Å². The zero-order valence-corrected chi connectivity index (χ0v) is 17.3. The van der Waals surface area contributed by atoms with E-state index in [2.05, 4.69) is 5.32 Å². The average molecular weight is 405 g/mol. The molecule has 2 amide bonds. The lowest BCUT2D eigenvalue weighted by molar-refractivity contribution is -0.137. The number of carbonyl (C=O) groups is 2. The van der Waals surface area contributed by atoms with Gasteiger partial charge in [0.25, 0.3) is 5.91 Å². The van der Waals surface area contributed by atoms with Crippen LogP contribution in [-0.4, -0.2) is 30.5 Å². The number of hydrogen-bond donors (Lipinski definition) is 1. The topological polar surface area (TPSA) is 58.6 Å². The fraction of sp³-hybridized carbons (Fsp3) is 0.360. The number of amides is 2. The second-order valence-electron chi connectivity index (χ2n) is 8.05. The number of ether oxygens (including phenoxy) is 1. The first-order valence-electron chi connectivity index (χ1n) is 10.7. The summed E-state index contributed by atoms with van der Waals surface area (Å²) in [6.45, 7) is 0. The van der Waals surface area contributed by atoms with Gasteiger partial charge < -0.3 is 10.1 Å². The molecule has 2 aromatic rings. The molecule has 1 heterocycles. The van der Waals surface area contributed by atoms with E-state index in [1.54, 1.807) is 12.0 Å². The Morgan fingerprint density at radius 3 is 2.47 bits per heavy atom. The van der Waals surface area contributed by atoms with Crippen molar-refractivity contribution in [1.29, 1.82) is 0 Å². The zero-order valence-electron chi connectivity index (χ0n) is 17.3. The molecule has 1 aliphatic heterocycles. The van der Waals surface area contributed by atoms with Crippen molar-refractivity contribution in [2.75, 3.05) is 12.0 Å². The Kier molecular flexibility index (Phi) is 5.88. The van der Waals surface area contributed by atoms with Crippen LogP contribution in [0.1, 0.15) is 44.1 Å². The zero-order chi connectivity index (χ0) is 21.0. The number of carbonyl (C=O) groups excluding carboxylic acids is 2. The lowest BCUT2D eigenvalue weighted by Crippen LogP contribution is -2.70. The van der Waals surface area contributed by atoms with Gasteiger partial charge in [-0.1, -0.05) is 61.7 Å². The van der Waals surface area contributed by atoms with E-state index in [1.165, 1.54) is 6.42 Å². The molecule has 0 bridgehead atoms. The highest BCUT2D eigenvalue weighted by atomic mass is 16.5. The summed E-state index contributed by atoms with van der Waals surface area (Å²) in [6, 6.07) is 17.3. The lowest BCUT2D eigenvalue weighted by atomic mass is 9.80. The van der Waals surface area contributed by atoms with E-state index < -0.39 is 5.54 Å². The van der Waals surface area contributed by atoms with Crippen LogP contribution in [0.25, 0.3) is 6.08 Å². The van der Waals surface area contributed by atoms with Crippen molar-refractivity contribution in [1.82, 2.24) is 5.32 Å². The van der Waals surface area contributed by atoms with Crippen molar-refractivity contribution >= 4 is 23.6 Å². The molecule has 156 valence electrons.